The van der Waals surface area contributed by atoms with Gasteiger partial charge >= 0.3 is 5.97 Å². The summed E-state index contributed by atoms with van der Waals surface area (Å²) >= 11 is 12.3. The number of hydrogen-bond acceptors (Lipinski definition) is 5. The lowest BCUT2D eigenvalue weighted by Gasteiger charge is -2.43. The molecule has 8 heteroatoms. The van der Waals surface area contributed by atoms with Gasteiger partial charge in [0.1, 0.15) is 12.4 Å². The maximum Gasteiger partial charge on any atom is 0.337 e. The van der Waals surface area contributed by atoms with E-state index in [9.17, 15) is 9.90 Å². The standard InChI is InChI=1S/C21H23Cl2NO5/c1-27-20(28-2)21(7-3-4-12-8-13(22)5-6-15(12)21)11-29-18-10-16(23)14(19(25)26)9-17(18)24/h5-6,8-10,20H,3-4,7,11,24H2,1-2H3,(H,25,26). The molecule has 6 nitrogen and oxygen atoms in total. The van der Waals surface area contributed by atoms with Crippen LogP contribution in [0.4, 0.5) is 5.69 Å². The Morgan fingerprint density at radius 2 is 1.97 bits per heavy atom. The molecule has 0 aliphatic heterocycles. The number of fused-ring (bicyclic) bond motifs is 1. The Hall–Kier alpha value is -1.99. The molecule has 0 saturated heterocycles. The molecule has 0 aromatic heterocycles. The van der Waals surface area contributed by atoms with Crippen molar-refractivity contribution in [1.29, 1.82) is 0 Å². The number of halogens is 2. The second kappa shape index (κ2) is 8.79. The van der Waals surface area contributed by atoms with Gasteiger partial charge in [-0.05, 0) is 48.6 Å². The van der Waals surface area contributed by atoms with Crippen molar-refractivity contribution in [2.45, 2.75) is 31.0 Å². The first-order chi connectivity index (χ1) is 13.8. The number of aromatic carboxylic acids is 1. The zero-order valence-electron chi connectivity index (χ0n) is 16.2. The molecular weight excluding hydrogens is 417 g/mol. The van der Waals surface area contributed by atoms with Crippen LogP contribution in [0.3, 0.4) is 0 Å². The summed E-state index contributed by atoms with van der Waals surface area (Å²) in [6.45, 7) is 0.209. The molecule has 1 aliphatic rings. The lowest BCUT2D eigenvalue weighted by Crippen LogP contribution is -2.49. The van der Waals surface area contributed by atoms with E-state index in [1.54, 1.807) is 14.2 Å². The Kier molecular flexibility index (Phi) is 6.58. The van der Waals surface area contributed by atoms with Crippen LogP contribution < -0.4 is 10.5 Å². The van der Waals surface area contributed by atoms with Gasteiger partial charge in [0.05, 0.1) is 21.7 Å². The molecule has 0 amide bonds. The number of carboxylic acids is 1. The number of nitrogens with two attached hydrogens (primary N) is 1. The van der Waals surface area contributed by atoms with Crippen LogP contribution in [0.5, 0.6) is 5.75 Å². The third-order valence-corrected chi connectivity index (χ3v) is 5.91. The van der Waals surface area contributed by atoms with Gasteiger partial charge in [0.15, 0.2) is 6.29 Å². The zero-order chi connectivity index (χ0) is 21.2. The van der Waals surface area contributed by atoms with Gasteiger partial charge < -0.3 is 25.1 Å². The fourth-order valence-corrected chi connectivity index (χ4v) is 4.49. The number of hydrogen-bond donors (Lipinski definition) is 2. The molecule has 29 heavy (non-hydrogen) atoms. The number of nitrogen functional groups attached to an aromatic ring is 1. The molecular formula is C21H23Cl2NO5. The lowest BCUT2D eigenvalue weighted by molar-refractivity contribution is -0.162. The minimum Gasteiger partial charge on any atom is -0.490 e. The Labute approximate surface area is 179 Å². The summed E-state index contributed by atoms with van der Waals surface area (Å²) in [6.07, 6.45) is 2.03. The predicted octanol–water partition coefficient (Wildman–Crippen LogP) is 4.55. The minimum atomic E-state index is -1.15. The number of rotatable bonds is 7. The SMILES string of the molecule is COC(OC)C1(COc2cc(Cl)c(C(=O)O)cc2N)CCCc2cc(Cl)ccc21. The number of ether oxygens (including phenoxy) is 3. The highest BCUT2D eigenvalue weighted by molar-refractivity contribution is 6.33. The molecule has 3 N–H and O–H groups in total. The van der Waals surface area contributed by atoms with E-state index in [2.05, 4.69) is 0 Å². The third kappa shape index (κ3) is 4.16. The van der Waals surface area contributed by atoms with Crippen LogP contribution in [0.25, 0.3) is 0 Å². The van der Waals surface area contributed by atoms with E-state index in [4.69, 9.17) is 43.1 Å². The molecule has 0 saturated carbocycles. The fourth-order valence-electron chi connectivity index (χ4n) is 4.06. The van der Waals surface area contributed by atoms with Crippen molar-refractivity contribution in [2.24, 2.45) is 0 Å². The van der Waals surface area contributed by atoms with Gasteiger partial charge in [-0.25, -0.2) is 4.79 Å². The van der Waals surface area contributed by atoms with Gasteiger partial charge in [-0.15, -0.1) is 0 Å². The molecule has 0 fully saturated rings. The van der Waals surface area contributed by atoms with Crippen LogP contribution in [-0.4, -0.2) is 38.2 Å². The summed E-state index contributed by atoms with van der Waals surface area (Å²) in [5.41, 5.74) is 7.72. The van der Waals surface area contributed by atoms with Gasteiger partial charge in [0.25, 0.3) is 0 Å². The second-order valence-corrected chi connectivity index (χ2v) is 7.92. The van der Waals surface area contributed by atoms with Crippen LogP contribution >= 0.6 is 23.2 Å². The van der Waals surface area contributed by atoms with E-state index in [-0.39, 0.29) is 22.9 Å². The van der Waals surface area contributed by atoms with E-state index in [1.165, 1.54) is 12.1 Å². The zero-order valence-corrected chi connectivity index (χ0v) is 17.7. The van der Waals surface area contributed by atoms with Gasteiger partial charge in [0.2, 0.25) is 0 Å². The van der Waals surface area contributed by atoms with Crippen molar-refractivity contribution in [3.05, 3.63) is 57.1 Å². The minimum absolute atomic E-state index is 0.0570. The summed E-state index contributed by atoms with van der Waals surface area (Å²) in [4.78, 5) is 11.2. The first kappa shape index (κ1) is 21.7. The van der Waals surface area contributed by atoms with Gasteiger partial charge in [-0.1, -0.05) is 29.3 Å². The first-order valence-electron chi connectivity index (χ1n) is 9.12. The number of carbonyl (C=O) groups is 1. The number of carboxylic acid groups (broad SMARTS) is 1. The number of benzene rings is 2. The van der Waals surface area contributed by atoms with Gasteiger partial charge in [-0.3, -0.25) is 0 Å². The van der Waals surface area contributed by atoms with Crippen LogP contribution in [0.2, 0.25) is 10.0 Å². The summed E-state index contributed by atoms with van der Waals surface area (Å²) in [5.74, 6) is -0.840. The van der Waals surface area contributed by atoms with E-state index in [1.807, 2.05) is 18.2 Å². The van der Waals surface area contributed by atoms with Crippen molar-refractivity contribution in [3.8, 4) is 5.75 Å². The van der Waals surface area contributed by atoms with Crippen LogP contribution in [0.1, 0.15) is 34.3 Å². The number of aryl methyl sites for hydroxylation is 1. The van der Waals surface area contributed by atoms with Crippen molar-refractivity contribution >= 4 is 34.9 Å². The van der Waals surface area contributed by atoms with E-state index in [0.717, 1.165) is 30.4 Å². The van der Waals surface area contributed by atoms with Gasteiger partial charge in [-0.2, -0.15) is 0 Å². The molecule has 2 aromatic carbocycles. The molecule has 0 bridgehead atoms. The average Bonchev–Trinajstić information content (AvgIpc) is 2.69. The molecule has 1 aliphatic carbocycles. The van der Waals surface area contributed by atoms with Crippen molar-refractivity contribution in [2.75, 3.05) is 26.6 Å². The summed E-state index contributed by atoms with van der Waals surface area (Å²) in [5, 5.41) is 9.93. The maximum absolute atomic E-state index is 11.2. The predicted molar refractivity (Wildman–Crippen MR) is 112 cm³/mol. The van der Waals surface area contributed by atoms with Crippen molar-refractivity contribution in [1.82, 2.24) is 0 Å². The third-order valence-electron chi connectivity index (χ3n) is 5.37. The Bertz CT molecular complexity index is 916. The van der Waals surface area contributed by atoms with Crippen molar-refractivity contribution in [3.63, 3.8) is 0 Å². The molecule has 3 rings (SSSR count). The van der Waals surface area contributed by atoms with Crippen LogP contribution in [0.15, 0.2) is 30.3 Å². The average molecular weight is 440 g/mol. The second-order valence-electron chi connectivity index (χ2n) is 7.08. The van der Waals surface area contributed by atoms with Crippen molar-refractivity contribution < 1.29 is 24.1 Å². The summed E-state index contributed by atoms with van der Waals surface area (Å²) in [7, 11) is 3.18. The molecule has 0 heterocycles. The smallest absolute Gasteiger partial charge is 0.337 e. The Morgan fingerprint density at radius 1 is 1.24 bits per heavy atom. The first-order valence-corrected chi connectivity index (χ1v) is 9.87. The topological polar surface area (TPSA) is 91.0 Å². The Balaban J connectivity index is 2.00. The van der Waals surface area contributed by atoms with E-state index < -0.39 is 17.7 Å². The Morgan fingerprint density at radius 3 is 2.62 bits per heavy atom. The number of anilines is 1. The maximum atomic E-state index is 11.2. The van der Waals surface area contributed by atoms with Crippen LogP contribution in [-0.2, 0) is 21.3 Å². The lowest BCUT2D eigenvalue weighted by atomic mass is 9.69. The van der Waals surface area contributed by atoms with E-state index >= 15 is 0 Å². The molecule has 0 radical (unpaired) electrons. The van der Waals surface area contributed by atoms with Gasteiger partial charge in [0, 0.05) is 25.3 Å². The highest BCUT2D eigenvalue weighted by atomic mass is 35.5. The van der Waals surface area contributed by atoms with E-state index in [0.29, 0.717) is 10.8 Å². The fraction of sp³-hybridized carbons (Fsp3) is 0.381. The number of methoxy groups -OCH3 is 2. The highest BCUT2D eigenvalue weighted by Crippen LogP contribution is 2.43. The molecule has 156 valence electrons. The quantitative estimate of drug-likeness (QED) is 0.485. The summed E-state index contributed by atoms with van der Waals surface area (Å²) in [6, 6.07) is 8.50. The molecule has 0 spiro atoms. The largest absolute Gasteiger partial charge is 0.490 e. The molecule has 2 aromatic rings. The summed E-state index contributed by atoms with van der Waals surface area (Å²) < 4.78 is 17.4. The monoisotopic (exact) mass is 439 g/mol. The normalized spacial score (nSPS) is 18.5. The molecule has 1 unspecified atom stereocenters. The highest BCUT2D eigenvalue weighted by Gasteiger charge is 2.45. The van der Waals surface area contributed by atoms with Crippen LogP contribution in [0, 0.1) is 0 Å². The molecule has 1 atom stereocenters.